The Bertz CT molecular complexity index is 403. The Hall–Kier alpha value is -1.51. The molecule has 0 aliphatic carbocycles. The van der Waals surface area contributed by atoms with Gasteiger partial charge < -0.3 is 9.84 Å². The number of carbonyl (C=O) groups is 1. The molecule has 3 nitrogen and oxygen atoms in total. The van der Waals surface area contributed by atoms with Gasteiger partial charge in [0, 0.05) is 0 Å². The van der Waals surface area contributed by atoms with E-state index in [9.17, 15) is 9.90 Å². The van der Waals surface area contributed by atoms with E-state index in [1.54, 1.807) is 0 Å². The zero-order valence-corrected chi connectivity index (χ0v) is 12.3. The minimum absolute atomic E-state index is 0.476. The zero-order valence-electron chi connectivity index (χ0n) is 12.3. The van der Waals surface area contributed by atoms with Gasteiger partial charge in [0.1, 0.15) is 5.75 Å². The van der Waals surface area contributed by atoms with E-state index in [0.29, 0.717) is 25.4 Å². The van der Waals surface area contributed by atoms with Crippen molar-refractivity contribution in [2.75, 3.05) is 6.61 Å². The number of carboxylic acid groups (broad SMARTS) is 1. The van der Waals surface area contributed by atoms with Crippen LogP contribution in [0.2, 0.25) is 0 Å². The molecular weight excluding hydrogens is 240 g/mol. The van der Waals surface area contributed by atoms with E-state index in [2.05, 4.69) is 13.8 Å². The summed E-state index contributed by atoms with van der Waals surface area (Å²) in [6.07, 6.45) is 1.18. The standard InChI is InChI=1S/C16H24O3/c1-5-16(6-2,15(17)18)13-7-9-14(10-8-13)19-11-12(3)4/h7-10,12H,5-6,11H2,1-4H3,(H,17,18). The molecule has 1 aromatic rings. The molecule has 0 fully saturated rings. The third kappa shape index (κ3) is 3.49. The Labute approximate surface area is 115 Å². The molecule has 0 amide bonds. The highest BCUT2D eigenvalue weighted by molar-refractivity contribution is 5.81. The van der Waals surface area contributed by atoms with Gasteiger partial charge in [-0.25, -0.2) is 0 Å². The molecule has 0 aliphatic heterocycles. The lowest BCUT2D eigenvalue weighted by Gasteiger charge is -2.27. The van der Waals surface area contributed by atoms with E-state index >= 15 is 0 Å². The Morgan fingerprint density at radius 3 is 2.11 bits per heavy atom. The molecule has 1 rings (SSSR count). The average molecular weight is 264 g/mol. The van der Waals surface area contributed by atoms with Gasteiger partial charge in [0.2, 0.25) is 0 Å². The van der Waals surface area contributed by atoms with Gasteiger partial charge in [-0.15, -0.1) is 0 Å². The van der Waals surface area contributed by atoms with Crippen molar-refractivity contribution in [2.24, 2.45) is 5.92 Å². The van der Waals surface area contributed by atoms with Gasteiger partial charge in [-0.05, 0) is 36.5 Å². The van der Waals surface area contributed by atoms with Crippen molar-refractivity contribution in [3.8, 4) is 5.75 Å². The molecule has 0 saturated heterocycles. The van der Waals surface area contributed by atoms with Crippen molar-refractivity contribution in [1.82, 2.24) is 0 Å². The fourth-order valence-electron chi connectivity index (χ4n) is 2.22. The molecule has 19 heavy (non-hydrogen) atoms. The highest BCUT2D eigenvalue weighted by Gasteiger charge is 2.36. The van der Waals surface area contributed by atoms with E-state index < -0.39 is 11.4 Å². The molecular formula is C16H24O3. The van der Waals surface area contributed by atoms with Gasteiger partial charge in [0.05, 0.1) is 12.0 Å². The molecule has 0 aromatic heterocycles. The van der Waals surface area contributed by atoms with Crippen LogP contribution in [-0.2, 0) is 10.2 Å². The summed E-state index contributed by atoms with van der Waals surface area (Å²) in [5.41, 5.74) is 0.0678. The van der Waals surface area contributed by atoms with Crippen LogP contribution in [0.3, 0.4) is 0 Å². The van der Waals surface area contributed by atoms with Crippen LogP contribution in [0.15, 0.2) is 24.3 Å². The summed E-state index contributed by atoms with van der Waals surface area (Å²) < 4.78 is 5.62. The summed E-state index contributed by atoms with van der Waals surface area (Å²) in [5, 5.41) is 9.49. The van der Waals surface area contributed by atoms with Gasteiger partial charge in [-0.2, -0.15) is 0 Å². The molecule has 0 atom stereocenters. The summed E-state index contributed by atoms with van der Waals surface area (Å²) in [6.45, 7) is 8.70. The summed E-state index contributed by atoms with van der Waals surface area (Å²) in [5.74, 6) is 0.515. The Kier molecular flexibility index (Phi) is 5.40. The summed E-state index contributed by atoms with van der Waals surface area (Å²) in [6, 6.07) is 7.47. The maximum Gasteiger partial charge on any atom is 0.314 e. The van der Waals surface area contributed by atoms with E-state index in [-0.39, 0.29) is 0 Å². The van der Waals surface area contributed by atoms with Crippen molar-refractivity contribution in [3.05, 3.63) is 29.8 Å². The fraction of sp³-hybridized carbons (Fsp3) is 0.562. The first kappa shape index (κ1) is 15.5. The molecule has 1 aromatic carbocycles. The largest absolute Gasteiger partial charge is 0.493 e. The predicted octanol–water partition coefficient (Wildman–Crippen LogP) is 3.86. The molecule has 1 N–H and O–H groups in total. The summed E-state index contributed by atoms with van der Waals surface area (Å²) >= 11 is 0. The monoisotopic (exact) mass is 264 g/mol. The molecule has 0 bridgehead atoms. The van der Waals surface area contributed by atoms with E-state index in [1.807, 2.05) is 38.1 Å². The van der Waals surface area contributed by atoms with Gasteiger partial charge >= 0.3 is 5.97 Å². The topological polar surface area (TPSA) is 46.5 Å². The lowest BCUT2D eigenvalue weighted by atomic mass is 9.76. The smallest absolute Gasteiger partial charge is 0.314 e. The lowest BCUT2D eigenvalue weighted by Crippen LogP contribution is -2.34. The van der Waals surface area contributed by atoms with Crippen LogP contribution >= 0.6 is 0 Å². The normalized spacial score (nSPS) is 11.6. The van der Waals surface area contributed by atoms with Crippen LogP contribution in [0, 0.1) is 5.92 Å². The van der Waals surface area contributed by atoms with Crippen LogP contribution in [0.4, 0.5) is 0 Å². The molecule has 0 unspecified atom stereocenters. The number of hydrogen-bond donors (Lipinski definition) is 1. The second-order valence-corrected chi connectivity index (χ2v) is 5.32. The van der Waals surface area contributed by atoms with Crippen LogP contribution in [0.25, 0.3) is 0 Å². The molecule has 0 heterocycles. The van der Waals surface area contributed by atoms with Crippen molar-refractivity contribution in [3.63, 3.8) is 0 Å². The second kappa shape index (κ2) is 6.60. The fourth-order valence-corrected chi connectivity index (χ4v) is 2.22. The number of benzene rings is 1. The van der Waals surface area contributed by atoms with Crippen molar-refractivity contribution < 1.29 is 14.6 Å². The molecule has 0 aliphatic rings. The maximum absolute atomic E-state index is 11.6. The zero-order chi connectivity index (χ0) is 14.5. The molecule has 106 valence electrons. The van der Waals surface area contributed by atoms with Gasteiger partial charge in [-0.1, -0.05) is 39.8 Å². The number of ether oxygens (including phenoxy) is 1. The highest BCUT2D eigenvalue weighted by atomic mass is 16.5. The highest BCUT2D eigenvalue weighted by Crippen LogP contribution is 2.33. The minimum Gasteiger partial charge on any atom is -0.493 e. The van der Waals surface area contributed by atoms with Crippen LogP contribution in [-0.4, -0.2) is 17.7 Å². The van der Waals surface area contributed by atoms with E-state index in [0.717, 1.165) is 11.3 Å². The van der Waals surface area contributed by atoms with Gasteiger partial charge in [0.25, 0.3) is 0 Å². The maximum atomic E-state index is 11.6. The SMILES string of the molecule is CCC(CC)(C(=O)O)c1ccc(OCC(C)C)cc1. The molecule has 0 saturated carbocycles. The molecule has 0 radical (unpaired) electrons. The number of aliphatic carboxylic acids is 1. The van der Waals surface area contributed by atoms with Crippen molar-refractivity contribution >= 4 is 5.97 Å². The second-order valence-electron chi connectivity index (χ2n) is 5.32. The third-order valence-electron chi connectivity index (χ3n) is 3.61. The first-order valence-electron chi connectivity index (χ1n) is 6.93. The summed E-state index contributed by atoms with van der Waals surface area (Å²) in [7, 11) is 0. The average Bonchev–Trinajstić information content (AvgIpc) is 2.39. The first-order chi connectivity index (χ1) is 8.96. The summed E-state index contributed by atoms with van der Waals surface area (Å²) in [4.78, 5) is 11.6. The number of hydrogen-bond acceptors (Lipinski definition) is 2. The van der Waals surface area contributed by atoms with Gasteiger partial charge in [0.15, 0.2) is 0 Å². The van der Waals surface area contributed by atoms with Crippen molar-refractivity contribution in [2.45, 2.75) is 46.0 Å². The van der Waals surface area contributed by atoms with Crippen LogP contribution < -0.4 is 4.74 Å². The van der Waals surface area contributed by atoms with Crippen molar-refractivity contribution in [1.29, 1.82) is 0 Å². The Morgan fingerprint density at radius 2 is 1.74 bits per heavy atom. The first-order valence-corrected chi connectivity index (χ1v) is 6.93. The minimum atomic E-state index is -0.781. The van der Waals surface area contributed by atoms with Crippen LogP contribution in [0.1, 0.15) is 46.1 Å². The Balaban J connectivity index is 2.93. The van der Waals surface area contributed by atoms with Gasteiger partial charge in [-0.3, -0.25) is 4.79 Å². The number of carboxylic acids is 1. The van der Waals surface area contributed by atoms with E-state index in [1.165, 1.54) is 0 Å². The Morgan fingerprint density at radius 1 is 1.21 bits per heavy atom. The van der Waals surface area contributed by atoms with Crippen LogP contribution in [0.5, 0.6) is 5.75 Å². The molecule has 0 spiro atoms. The number of rotatable bonds is 7. The third-order valence-corrected chi connectivity index (χ3v) is 3.61. The predicted molar refractivity (Wildman–Crippen MR) is 76.7 cm³/mol. The quantitative estimate of drug-likeness (QED) is 0.813. The lowest BCUT2D eigenvalue weighted by molar-refractivity contribution is -0.144. The molecule has 3 heteroatoms. The van der Waals surface area contributed by atoms with E-state index in [4.69, 9.17) is 4.74 Å².